The quantitative estimate of drug-likeness (QED) is 0.823. The fraction of sp³-hybridized carbons (Fsp3) is 0.400. The molecule has 2 aliphatic rings. The number of nitrogens with zero attached hydrogens (tertiary/aromatic N) is 1. The van der Waals surface area contributed by atoms with Gasteiger partial charge in [0, 0.05) is 19.5 Å². The van der Waals surface area contributed by atoms with Crippen molar-refractivity contribution in [1.82, 2.24) is 4.90 Å². The summed E-state index contributed by atoms with van der Waals surface area (Å²) in [5.41, 5.74) is 2.43. The van der Waals surface area contributed by atoms with Gasteiger partial charge in [-0.25, -0.2) is 0 Å². The molecule has 3 rings (SSSR count). The van der Waals surface area contributed by atoms with E-state index in [2.05, 4.69) is 11.0 Å². The highest BCUT2D eigenvalue weighted by molar-refractivity contribution is 5.78. The van der Waals surface area contributed by atoms with E-state index < -0.39 is 0 Å². The van der Waals surface area contributed by atoms with Crippen LogP contribution in [0.3, 0.4) is 0 Å². The summed E-state index contributed by atoms with van der Waals surface area (Å²) in [6.07, 6.45) is 3.90. The Morgan fingerprint density at radius 3 is 2.63 bits per heavy atom. The van der Waals surface area contributed by atoms with E-state index in [1.807, 2.05) is 12.1 Å². The van der Waals surface area contributed by atoms with Gasteiger partial charge in [-0.15, -0.1) is 0 Å². The van der Waals surface area contributed by atoms with E-state index in [9.17, 15) is 9.90 Å². The van der Waals surface area contributed by atoms with E-state index in [4.69, 9.17) is 4.74 Å². The molecule has 100 valence electrons. The SMILES string of the molecule is O=C1OCC[C@H]1N1CC=C(c2ccc(O)cc2)CC1. The minimum absolute atomic E-state index is 0.0578. The second-order valence-corrected chi connectivity index (χ2v) is 4.99. The monoisotopic (exact) mass is 259 g/mol. The largest absolute Gasteiger partial charge is 0.508 e. The molecule has 1 aromatic rings. The predicted octanol–water partition coefficient (Wildman–Crippen LogP) is 1.80. The van der Waals surface area contributed by atoms with Gasteiger partial charge < -0.3 is 9.84 Å². The van der Waals surface area contributed by atoms with Crippen LogP contribution in [0, 0.1) is 0 Å². The number of carbonyl (C=O) groups is 1. The first kappa shape index (κ1) is 12.2. The van der Waals surface area contributed by atoms with Crippen molar-refractivity contribution in [3.05, 3.63) is 35.9 Å². The van der Waals surface area contributed by atoms with Crippen LogP contribution in [0.5, 0.6) is 5.75 Å². The van der Waals surface area contributed by atoms with Crippen LogP contribution >= 0.6 is 0 Å². The van der Waals surface area contributed by atoms with Crippen LogP contribution in [-0.2, 0) is 9.53 Å². The van der Waals surface area contributed by atoms with Crippen LogP contribution in [0.4, 0.5) is 0 Å². The third kappa shape index (κ3) is 2.49. The number of esters is 1. The highest BCUT2D eigenvalue weighted by Crippen LogP contribution is 2.26. The van der Waals surface area contributed by atoms with Crippen molar-refractivity contribution in [1.29, 1.82) is 0 Å². The lowest BCUT2D eigenvalue weighted by Crippen LogP contribution is -2.41. The zero-order chi connectivity index (χ0) is 13.2. The lowest BCUT2D eigenvalue weighted by atomic mass is 9.98. The summed E-state index contributed by atoms with van der Waals surface area (Å²) in [7, 11) is 0. The average molecular weight is 259 g/mol. The summed E-state index contributed by atoms with van der Waals surface area (Å²) >= 11 is 0. The number of benzene rings is 1. The molecule has 0 spiro atoms. The van der Waals surface area contributed by atoms with E-state index in [1.165, 1.54) is 5.57 Å². The predicted molar refractivity (Wildman–Crippen MR) is 71.6 cm³/mol. The maximum absolute atomic E-state index is 11.6. The summed E-state index contributed by atoms with van der Waals surface area (Å²) in [4.78, 5) is 13.7. The van der Waals surface area contributed by atoms with Gasteiger partial charge in [-0.2, -0.15) is 0 Å². The van der Waals surface area contributed by atoms with Crippen molar-refractivity contribution in [2.75, 3.05) is 19.7 Å². The Morgan fingerprint density at radius 2 is 2.05 bits per heavy atom. The minimum atomic E-state index is -0.0820. The third-order valence-corrected chi connectivity index (χ3v) is 3.83. The van der Waals surface area contributed by atoms with E-state index >= 15 is 0 Å². The molecule has 0 amide bonds. The molecule has 0 aliphatic carbocycles. The van der Waals surface area contributed by atoms with Crippen molar-refractivity contribution in [3.8, 4) is 5.75 Å². The molecule has 0 unspecified atom stereocenters. The summed E-state index contributed by atoms with van der Waals surface area (Å²) in [5, 5.41) is 9.29. The molecule has 1 saturated heterocycles. The summed E-state index contributed by atoms with van der Waals surface area (Å²) in [6, 6.07) is 7.22. The molecule has 2 heterocycles. The van der Waals surface area contributed by atoms with Crippen LogP contribution in [0.25, 0.3) is 5.57 Å². The van der Waals surface area contributed by atoms with Gasteiger partial charge in [0.1, 0.15) is 11.8 Å². The first-order chi connectivity index (χ1) is 9.24. The molecule has 1 aromatic carbocycles. The Morgan fingerprint density at radius 1 is 1.26 bits per heavy atom. The Bertz CT molecular complexity index is 507. The number of ether oxygens (including phenoxy) is 1. The first-order valence-electron chi connectivity index (χ1n) is 6.63. The second-order valence-electron chi connectivity index (χ2n) is 4.99. The highest BCUT2D eigenvalue weighted by atomic mass is 16.5. The van der Waals surface area contributed by atoms with Crippen molar-refractivity contribution in [2.45, 2.75) is 18.9 Å². The van der Waals surface area contributed by atoms with Gasteiger partial charge in [-0.1, -0.05) is 18.2 Å². The lowest BCUT2D eigenvalue weighted by molar-refractivity contribution is -0.142. The van der Waals surface area contributed by atoms with Gasteiger partial charge in [0.15, 0.2) is 0 Å². The number of carbonyl (C=O) groups excluding carboxylic acids is 1. The van der Waals surface area contributed by atoms with Crippen LogP contribution in [-0.4, -0.2) is 41.7 Å². The normalized spacial score (nSPS) is 24.1. The van der Waals surface area contributed by atoms with Crippen LogP contribution < -0.4 is 0 Å². The molecule has 0 radical (unpaired) electrons. The van der Waals surface area contributed by atoms with Crippen LogP contribution in [0.2, 0.25) is 0 Å². The van der Waals surface area contributed by atoms with E-state index in [0.717, 1.165) is 31.5 Å². The molecular formula is C15H17NO3. The molecule has 0 bridgehead atoms. The molecule has 4 heteroatoms. The summed E-state index contributed by atoms with van der Waals surface area (Å²) in [6.45, 7) is 2.22. The van der Waals surface area contributed by atoms with E-state index in [-0.39, 0.29) is 17.8 Å². The number of phenols is 1. The molecule has 0 aromatic heterocycles. The average Bonchev–Trinajstić information content (AvgIpc) is 2.86. The molecule has 2 aliphatic heterocycles. The molecule has 1 fully saturated rings. The Kier molecular flexibility index (Phi) is 3.25. The number of aromatic hydroxyl groups is 1. The maximum atomic E-state index is 11.6. The fourth-order valence-corrected chi connectivity index (χ4v) is 2.72. The van der Waals surface area contributed by atoms with Gasteiger partial charge in [-0.3, -0.25) is 9.69 Å². The zero-order valence-corrected chi connectivity index (χ0v) is 10.7. The van der Waals surface area contributed by atoms with Gasteiger partial charge in [-0.05, 0) is 29.7 Å². The number of hydrogen-bond donors (Lipinski definition) is 1. The maximum Gasteiger partial charge on any atom is 0.323 e. The first-order valence-corrected chi connectivity index (χ1v) is 6.63. The van der Waals surface area contributed by atoms with E-state index in [0.29, 0.717) is 6.61 Å². The minimum Gasteiger partial charge on any atom is -0.508 e. The molecular weight excluding hydrogens is 242 g/mol. The number of hydrogen-bond acceptors (Lipinski definition) is 4. The fourth-order valence-electron chi connectivity index (χ4n) is 2.72. The van der Waals surface area contributed by atoms with Gasteiger partial charge in [0.25, 0.3) is 0 Å². The molecule has 4 nitrogen and oxygen atoms in total. The Labute approximate surface area is 112 Å². The van der Waals surface area contributed by atoms with Gasteiger partial charge in [0.05, 0.1) is 6.61 Å². The molecule has 1 atom stereocenters. The van der Waals surface area contributed by atoms with Gasteiger partial charge >= 0.3 is 5.97 Å². The summed E-state index contributed by atoms with van der Waals surface area (Å²) < 4.78 is 5.01. The van der Waals surface area contributed by atoms with E-state index in [1.54, 1.807) is 12.1 Å². The zero-order valence-electron chi connectivity index (χ0n) is 10.7. The van der Waals surface area contributed by atoms with Crippen molar-refractivity contribution >= 4 is 11.5 Å². The van der Waals surface area contributed by atoms with Crippen molar-refractivity contribution in [3.63, 3.8) is 0 Å². The number of cyclic esters (lactones) is 1. The highest BCUT2D eigenvalue weighted by Gasteiger charge is 2.32. The molecule has 0 saturated carbocycles. The second kappa shape index (κ2) is 5.05. The molecule has 19 heavy (non-hydrogen) atoms. The van der Waals surface area contributed by atoms with Crippen molar-refractivity contribution in [2.24, 2.45) is 0 Å². The topological polar surface area (TPSA) is 49.8 Å². The van der Waals surface area contributed by atoms with Crippen molar-refractivity contribution < 1.29 is 14.6 Å². The molecule has 1 N–H and O–H groups in total. The summed E-state index contributed by atoms with van der Waals surface area (Å²) in [5.74, 6) is 0.206. The number of rotatable bonds is 2. The van der Waals surface area contributed by atoms with Crippen LogP contribution in [0.15, 0.2) is 30.3 Å². The van der Waals surface area contributed by atoms with Gasteiger partial charge in [0.2, 0.25) is 0 Å². The Hall–Kier alpha value is -1.81. The standard InChI is InChI=1S/C15H17NO3/c17-13-3-1-11(2-4-13)12-5-8-16(9-6-12)14-7-10-19-15(14)18/h1-5,14,17H,6-10H2/t14-/m1/s1. The van der Waals surface area contributed by atoms with Crippen LogP contribution in [0.1, 0.15) is 18.4 Å². The smallest absolute Gasteiger partial charge is 0.323 e. The number of phenolic OH excluding ortho intramolecular Hbond substituents is 1. The lowest BCUT2D eigenvalue weighted by Gasteiger charge is -2.29. The third-order valence-electron chi connectivity index (χ3n) is 3.83. The Balaban J connectivity index is 1.70.